The number of nitrogens with zero attached hydrogens (tertiary/aromatic N) is 2. The number of benzene rings is 3. The van der Waals surface area contributed by atoms with Crippen molar-refractivity contribution in [2.24, 2.45) is 0 Å². The second-order valence-corrected chi connectivity index (χ2v) is 12.3. The summed E-state index contributed by atoms with van der Waals surface area (Å²) in [4.78, 5) is 28.8. The lowest BCUT2D eigenvalue weighted by Gasteiger charge is -2.33. The number of sulfonamides is 1. The van der Waals surface area contributed by atoms with Gasteiger partial charge in [0.25, 0.3) is 10.0 Å². The van der Waals surface area contributed by atoms with Crippen LogP contribution < -0.4 is 14.4 Å². The first-order chi connectivity index (χ1) is 19.5. The van der Waals surface area contributed by atoms with E-state index in [1.807, 2.05) is 34.6 Å². The van der Waals surface area contributed by atoms with Crippen LogP contribution in [0.5, 0.6) is 5.75 Å². The number of halogens is 1. The van der Waals surface area contributed by atoms with Crippen molar-refractivity contribution in [2.45, 2.75) is 64.6 Å². The van der Waals surface area contributed by atoms with Gasteiger partial charge in [-0.15, -0.1) is 0 Å². The highest BCUT2D eigenvalue weighted by atomic mass is 35.5. The maximum absolute atomic E-state index is 14.1. The minimum atomic E-state index is -4.15. The van der Waals surface area contributed by atoms with Gasteiger partial charge >= 0.3 is 0 Å². The van der Waals surface area contributed by atoms with E-state index < -0.39 is 28.5 Å². The molecule has 0 radical (unpaired) electrons. The predicted molar refractivity (Wildman–Crippen MR) is 163 cm³/mol. The monoisotopic (exact) mass is 599 g/mol. The Morgan fingerprint density at radius 3 is 2.07 bits per heavy atom. The van der Waals surface area contributed by atoms with E-state index in [1.165, 1.54) is 17.0 Å². The minimum Gasteiger partial charge on any atom is -0.494 e. The molecule has 0 spiro atoms. The molecule has 10 heteroatoms. The summed E-state index contributed by atoms with van der Waals surface area (Å²) in [7, 11) is -4.15. The van der Waals surface area contributed by atoms with Crippen molar-refractivity contribution in [1.29, 1.82) is 0 Å². The third-order valence-electron chi connectivity index (χ3n) is 6.41. The van der Waals surface area contributed by atoms with Crippen LogP contribution in [0.25, 0.3) is 0 Å². The number of anilines is 1. The van der Waals surface area contributed by atoms with Crippen molar-refractivity contribution in [3.63, 3.8) is 0 Å². The van der Waals surface area contributed by atoms with Crippen LogP contribution in [-0.2, 0) is 26.2 Å². The number of carbonyl (C=O) groups excluding carboxylic acids is 2. The van der Waals surface area contributed by atoms with E-state index in [0.717, 1.165) is 15.4 Å². The molecule has 1 atom stereocenters. The fourth-order valence-electron chi connectivity index (χ4n) is 4.33. The quantitative estimate of drug-likeness (QED) is 0.277. The number of hydrogen-bond donors (Lipinski definition) is 1. The van der Waals surface area contributed by atoms with E-state index in [0.29, 0.717) is 29.5 Å². The maximum atomic E-state index is 14.1. The fourth-order valence-corrected chi connectivity index (χ4v) is 5.87. The first-order valence-corrected chi connectivity index (χ1v) is 15.4. The molecule has 0 aliphatic rings. The van der Waals surface area contributed by atoms with Gasteiger partial charge in [-0.1, -0.05) is 48.4 Å². The van der Waals surface area contributed by atoms with Gasteiger partial charge in [-0.05, 0) is 88.2 Å². The number of amides is 2. The third kappa shape index (κ3) is 8.47. The molecule has 41 heavy (non-hydrogen) atoms. The van der Waals surface area contributed by atoms with E-state index in [2.05, 4.69) is 5.32 Å². The molecule has 0 aliphatic heterocycles. The summed E-state index contributed by atoms with van der Waals surface area (Å²) in [6.07, 6.45) is 0.339. The highest BCUT2D eigenvalue weighted by Gasteiger charge is 2.33. The molecule has 0 saturated carbocycles. The van der Waals surface area contributed by atoms with Crippen LogP contribution in [0.3, 0.4) is 0 Å². The molecule has 0 aromatic heterocycles. The van der Waals surface area contributed by atoms with E-state index in [4.69, 9.17) is 16.3 Å². The normalized spacial score (nSPS) is 12.1. The highest BCUT2D eigenvalue weighted by molar-refractivity contribution is 7.92. The Hall–Kier alpha value is -3.56. The van der Waals surface area contributed by atoms with E-state index in [-0.39, 0.29) is 23.4 Å². The topological polar surface area (TPSA) is 96.0 Å². The maximum Gasteiger partial charge on any atom is 0.264 e. The molecule has 220 valence electrons. The lowest BCUT2D eigenvalue weighted by Crippen LogP contribution is -2.53. The number of nitrogens with one attached hydrogen (secondary N) is 1. The second-order valence-electron chi connectivity index (χ2n) is 9.99. The van der Waals surface area contributed by atoms with Crippen molar-refractivity contribution in [1.82, 2.24) is 10.2 Å². The number of aryl methyl sites for hydroxylation is 1. The highest BCUT2D eigenvalue weighted by Crippen LogP contribution is 2.27. The van der Waals surface area contributed by atoms with E-state index in [1.54, 1.807) is 60.7 Å². The van der Waals surface area contributed by atoms with Crippen molar-refractivity contribution in [3.05, 3.63) is 88.9 Å². The van der Waals surface area contributed by atoms with Crippen molar-refractivity contribution >= 4 is 39.1 Å². The summed E-state index contributed by atoms with van der Waals surface area (Å²) in [5, 5.41) is 3.43. The summed E-state index contributed by atoms with van der Waals surface area (Å²) in [5.74, 6) is -0.245. The van der Waals surface area contributed by atoms with Gasteiger partial charge in [-0.2, -0.15) is 0 Å². The third-order valence-corrected chi connectivity index (χ3v) is 8.45. The molecule has 0 unspecified atom stereocenters. The lowest BCUT2D eigenvalue weighted by atomic mass is 10.1. The Kier molecular flexibility index (Phi) is 11.2. The average Bonchev–Trinajstić information content (AvgIpc) is 2.93. The Labute approximate surface area is 248 Å². The van der Waals surface area contributed by atoms with Crippen molar-refractivity contribution in [2.75, 3.05) is 17.5 Å². The van der Waals surface area contributed by atoms with Crippen molar-refractivity contribution < 1.29 is 22.7 Å². The first-order valence-electron chi connectivity index (χ1n) is 13.6. The summed E-state index contributed by atoms with van der Waals surface area (Å²) in [5.41, 5.74) is 1.96. The lowest BCUT2D eigenvalue weighted by molar-refractivity contribution is -0.140. The summed E-state index contributed by atoms with van der Waals surface area (Å²) in [6.45, 7) is 9.28. The van der Waals surface area contributed by atoms with Gasteiger partial charge < -0.3 is 15.0 Å². The molecule has 1 N–H and O–H groups in total. The van der Waals surface area contributed by atoms with Gasteiger partial charge in [0, 0.05) is 17.6 Å². The van der Waals surface area contributed by atoms with Gasteiger partial charge in [-0.3, -0.25) is 13.9 Å². The van der Waals surface area contributed by atoms with Crippen LogP contribution in [0.2, 0.25) is 5.02 Å². The summed E-state index contributed by atoms with van der Waals surface area (Å²) >= 11 is 6.07. The molecule has 3 aromatic carbocycles. The zero-order valence-electron chi connectivity index (χ0n) is 24.1. The Morgan fingerprint density at radius 1 is 0.927 bits per heavy atom. The largest absolute Gasteiger partial charge is 0.494 e. The standard InChI is InChI=1S/C31H38ClN3O5S/c1-6-29(31(37)33-22(3)4)34(20-24-10-12-25(32)13-11-24)30(36)21-35(26-14-16-27(17-15-26)40-7-2)41(38,39)28-18-8-23(5)9-19-28/h8-19,22,29H,6-7,20-21H2,1-5H3,(H,33,37)/t29-/m1/s1. The summed E-state index contributed by atoms with van der Waals surface area (Å²) in [6, 6.07) is 19.0. The van der Waals surface area contributed by atoms with Gasteiger partial charge in [0.15, 0.2) is 0 Å². The molecule has 3 rings (SSSR count). The molecular weight excluding hydrogens is 562 g/mol. The van der Waals surface area contributed by atoms with E-state index in [9.17, 15) is 18.0 Å². The van der Waals surface area contributed by atoms with E-state index >= 15 is 0 Å². The number of carbonyl (C=O) groups is 2. The van der Waals surface area contributed by atoms with Gasteiger partial charge in [-0.25, -0.2) is 8.42 Å². The Bertz CT molecular complexity index is 1410. The smallest absolute Gasteiger partial charge is 0.264 e. The van der Waals surface area contributed by atoms with Crippen LogP contribution in [0, 0.1) is 6.92 Å². The molecule has 0 bridgehead atoms. The molecule has 3 aromatic rings. The number of rotatable bonds is 13. The SMILES string of the molecule is CCOc1ccc(N(CC(=O)N(Cc2ccc(Cl)cc2)[C@H](CC)C(=O)NC(C)C)S(=O)(=O)c2ccc(C)cc2)cc1. The Morgan fingerprint density at radius 2 is 1.54 bits per heavy atom. The molecule has 8 nitrogen and oxygen atoms in total. The number of hydrogen-bond acceptors (Lipinski definition) is 5. The van der Waals surface area contributed by atoms with Gasteiger partial charge in [0.05, 0.1) is 17.2 Å². The summed E-state index contributed by atoms with van der Waals surface area (Å²) < 4.78 is 34.5. The Balaban J connectivity index is 2.06. The molecule has 0 fully saturated rings. The number of ether oxygens (including phenoxy) is 1. The van der Waals surface area contributed by atoms with Gasteiger partial charge in [0.2, 0.25) is 11.8 Å². The molecule has 0 heterocycles. The van der Waals surface area contributed by atoms with Crippen LogP contribution in [0.15, 0.2) is 77.7 Å². The average molecular weight is 600 g/mol. The molecular formula is C31H38ClN3O5S. The first kappa shape index (κ1) is 32.0. The van der Waals surface area contributed by atoms with Crippen LogP contribution in [0.4, 0.5) is 5.69 Å². The minimum absolute atomic E-state index is 0.0543. The molecule has 0 saturated heterocycles. The van der Waals surface area contributed by atoms with Crippen molar-refractivity contribution in [3.8, 4) is 5.75 Å². The second kappa shape index (κ2) is 14.4. The van der Waals surface area contributed by atoms with Gasteiger partial charge in [0.1, 0.15) is 18.3 Å². The van der Waals surface area contributed by atoms with Crippen LogP contribution >= 0.6 is 11.6 Å². The molecule has 2 amide bonds. The zero-order chi connectivity index (χ0) is 30.2. The van der Waals surface area contributed by atoms with Crippen LogP contribution in [-0.4, -0.2) is 50.4 Å². The fraction of sp³-hybridized carbons (Fsp3) is 0.355. The van der Waals surface area contributed by atoms with Crippen LogP contribution in [0.1, 0.15) is 45.2 Å². The molecule has 0 aliphatic carbocycles. The predicted octanol–water partition coefficient (Wildman–Crippen LogP) is 5.57. The zero-order valence-corrected chi connectivity index (χ0v) is 25.7.